The van der Waals surface area contributed by atoms with E-state index in [1.165, 1.54) is 10.6 Å². The fourth-order valence-corrected chi connectivity index (χ4v) is 4.42. The van der Waals surface area contributed by atoms with E-state index in [1.807, 2.05) is 0 Å². The van der Waals surface area contributed by atoms with Crippen molar-refractivity contribution in [3.05, 3.63) is 82.4 Å². The molecule has 166 valence electrons. The highest BCUT2D eigenvalue weighted by Gasteiger charge is 2.18. The standard InChI is InChI=1S/C23H21F2N3O3S/c1-3-32(26,30)13-14-4-6-20(31-21-7-5-15(24)11-19(21)25)17(10-14)18-12-28(2)23(29)22-16(18)8-9-27-22/h4-12,26-27H,3,13H2,1-2H3. The summed E-state index contributed by atoms with van der Waals surface area (Å²) >= 11 is 0. The van der Waals surface area contributed by atoms with Gasteiger partial charge >= 0.3 is 0 Å². The van der Waals surface area contributed by atoms with Crippen LogP contribution in [-0.4, -0.2) is 19.5 Å². The number of hydrogen-bond acceptors (Lipinski definition) is 4. The second kappa shape index (κ2) is 8.23. The maximum absolute atomic E-state index is 14.3. The molecule has 2 heterocycles. The average molecular weight is 458 g/mol. The maximum Gasteiger partial charge on any atom is 0.274 e. The molecule has 4 rings (SSSR count). The molecule has 1 unspecified atom stereocenters. The number of hydrogen-bond donors (Lipinski definition) is 2. The second-order valence-corrected chi connectivity index (χ2v) is 9.97. The largest absolute Gasteiger partial charge is 0.454 e. The Labute approximate surface area is 183 Å². The smallest absolute Gasteiger partial charge is 0.274 e. The van der Waals surface area contributed by atoms with Crippen molar-refractivity contribution >= 4 is 20.6 Å². The lowest BCUT2D eigenvalue weighted by Crippen LogP contribution is -2.16. The van der Waals surface area contributed by atoms with Crippen molar-refractivity contribution in [3.63, 3.8) is 0 Å². The lowest BCUT2D eigenvalue weighted by Gasteiger charge is -2.16. The summed E-state index contributed by atoms with van der Waals surface area (Å²) in [5.41, 5.74) is 1.99. The van der Waals surface area contributed by atoms with Gasteiger partial charge in [0, 0.05) is 57.5 Å². The highest BCUT2D eigenvalue weighted by atomic mass is 32.2. The SMILES string of the molecule is CCS(=N)(=O)Cc1ccc(Oc2ccc(F)cc2F)c(-c2cn(C)c(=O)c3[nH]ccc23)c1. The van der Waals surface area contributed by atoms with E-state index in [4.69, 9.17) is 9.52 Å². The molecule has 0 saturated heterocycles. The topological polar surface area (TPSA) is 87.9 Å². The minimum absolute atomic E-state index is 0.0454. The summed E-state index contributed by atoms with van der Waals surface area (Å²) in [4.78, 5) is 15.4. The van der Waals surface area contributed by atoms with E-state index in [0.29, 0.717) is 27.6 Å². The Balaban J connectivity index is 1.93. The number of aromatic amines is 1. The van der Waals surface area contributed by atoms with E-state index in [2.05, 4.69) is 4.98 Å². The molecule has 0 aliphatic carbocycles. The normalized spacial score (nSPS) is 13.2. The van der Waals surface area contributed by atoms with Gasteiger partial charge in [0.15, 0.2) is 11.6 Å². The molecule has 0 radical (unpaired) electrons. The van der Waals surface area contributed by atoms with E-state index >= 15 is 0 Å². The van der Waals surface area contributed by atoms with Gasteiger partial charge in [0.05, 0.1) is 5.75 Å². The van der Waals surface area contributed by atoms with Crippen molar-refractivity contribution in [1.82, 2.24) is 9.55 Å². The summed E-state index contributed by atoms with van der Waals surface area (Å²) in [6, 6.07) is 9.77. The van der Waals surface area contributed by atoms with Gasteiger partial charge in [-0.2, -0.15) is 0 Å². The molecule has 0 amide bonds. The van der Waals surface area contributed by atoms with Gasteiger partial charge in [-0.3, -0.25) is 9.57 Å². The highest BCUT2D eigenvalue weighted by Crippen LogP contribution is 2.38. The Hall–Kier alpha value is -3.46. The van der Waals surface area contributed by atoms with Crippen molar-refractivity contribution in [3.8, 4) is 22.6 Å². The van der Waals surface area contributed by atoms with Crippen molar-refractivity contribution < 1.29 is 17.7 Å². The summed E-state index contributed by atoms with van der Waals surface area (Å²) in [6.45, 7) is 1.70. The first-order chi connectivity index (χ1) is 15.2. The van der Waals surface area contributed by atoms with Gasteiger partial charge < -0.3 is 14.3 Å². The Morgan fingerprint density at radius 3 is 2.56 bits per heavy atom. The zero-order valence-electron chi connectivity index (χ0n) is 17.4. The lowest BCUT2D eigenvalue weighted by molar-refractivity contribution is 0.439. The molecule has 0 aliphatic heterocycles. The number of H-pyrrole nitrogens is 1. The molecule has 0 aliphatic rings. The van der Waals surface area contributed by atoms with Crippen molar-refractivity contribution in [1.29, 1.82) is 4.78 Å². The van der Waals surface area contributed by atoms with Gasteiger partial charge in [0.25, 0.3) is 5.56 Å². The lowest BCUT2D eigenvalue weighted by atomic mass is 10.0. The van der Waals surface area contributed by atoms with Gasteiger partial charge in [0.2, 0.25) is 0 Å². The summed E-state index contributed by atoms with van der Waals surface area (Å²) < 4.78 is 55.2. The predicted octanol–water partition coefficient (Wildman–Crippen LogP) is 5.17. The molecule has 0 bridgehead atoms. The fraction of sp³-hybridized carbons (Fsp3) is 0.174. The van der Waals surface area contributed by atoms with E-state index in [1.54, 1.807) is 50.6 Å². The van der Waals surface area contributed by atoms with Crippen LogP contribution in [0.5, 0.6) is 11.5 Å². The van der Waals surface area contributed by atoms with E-state index in [-0.39, 0.29) is 28.6 Å². The third-order valence-corrected chi connectivity index (χ3v) is 6.94. The molecule has 4 aromatic rings. The first kappa shape index (κ1) is 21.8. The number of pyridine rings is 1. The molecular weight excluding hydrogens is 436 g/mol. The number of aromatic nitrogens is 2. The predicted molar refractivity (Wildman–Crippen MR) is 121 cm³/mol. The third-order valence-electron chi connectivity index (χ3n) is 5.21. The first-order valence-electron chi connectivity index (χ1n) is 9.85. The molecule has 9 heteroatoms. The minimum Gasteiger partial charge on any atom is -0.454 e. The van der Waals surface area contributed by atoms with Gasteiger partial charge in [-0.05, 0) is 35.9 Å². The van der Waals surface area contributed by atoms with Gasteiger partial charge in [0.1, 0.15) is 17.1 Å². The molecule has 0 fully saturated rings. The molecule has 0 spiro atoms. The molecule has 2 aromatic carbocycles. The number of nitrogens with zero attached hydrogens (tertiary/aromatic N) is 1. The Bertz CT molecular complexity index is 1490. The zero-order valence-corrected chi connectivity index (χ0v) is 18.3. The van der Waals surface area contributed by atoms with Crippen LogP contribution in [-0.2, 0) is 22.5 Å². The number of benzene rings is 2. The molecular formula is C23H21F2N3O3S. The molecule has 32 heavy (non-hydrogen) atoms. The average Bonchev–Trinajstić information content (AvgIpc) is 3.24. The summed E-state index contributed by atoms with van der Waals surface area (Å²) in [5, 5.41) is 0.636. The molecule has 6 nitrogen and oxygen atoms in total. The van der Waals surface area contributed by atoms with Crippen LogP contribution < -0.4 is 10.3 Å². The van der Waals surface area contributed by atoms with Crippen molar-refractivity contribution in [2.24, 2.45) is 7.05 Å². The quantitative estimate of drug-likeness (QED) is 0.419. The van der Waals surface area contributed by atoms with Crippen molar-refractivity contribution in [2.45, 2.75) is 12.7 Å². The highest BCUT2D eigenvalue weighted by molar-refractivity contribution is 7.91. The number of nitrogens with one attached hydrogen (secondary N) is 2. The van der Waals surface area contributed by atoms with E-state index in [0.717, 1.165) is 12.1 Å². The molecule has 0 saturated carbocycles. The van der Waals surface area contributed by atoms with E-state index < -0.39 is 21.4 Å². The molecule has 2 aromatic heterocycles. The minimum atomic E-state index is -2.81. The number of halogens is 2. The third kappa shape index (κ3) is 4.16. The maximum atomic E-state index is 14.3. The van der Waals surface area contributed by atoms with Crippen LogP contribution in [0.15, 0.2) is 59.7 Å². The van der Waals surface area contributed by atoms with Crippen LogP contribution in [0.3, 0.4) is 0 Å². The Morgan fingerprint density at radius 1 is 1.09 bits per heavy atom. The summed E-state index contributed by atoms with van der Waals surface area (Å²) in [7, 11) is -1.19. The summed E-state index contributed by atoms with van der Waals surface area (Å²) in [6.07, 6.45) is 3.29. The Morgan fingerprint density at radius 2 is 1.84 bits per heavy atom. The van der Waals surface area contributed by atoms with Gasteiger partial charge in [-0.25, -0.2) is 13.0 Å². The Kier molecular flexibility index (Phi) is 5.60. The van der Waals surface area contributed by atoms with Crippen LogP contribution in [0.4, 0.5) is 8.78 Å². The van der Waals surface area contributed by atoms with Crippen molar-refractivity contribution in [2.75, 3.05) is 5.75 Å². The first-order valence-corrected chi connectivity index (χ1v) is 11.7. The number of ether oxygens (including phenoxy) is 1. The van der Waals surface area contributed by atoms with Gasteiger partial charge in [-0.1, -0.05) is 13.0 Å². The summed E-state index contributed by atoms with van der Waals surface area (Å²) in [5.74, 6) is -1.20. The van der Waals surface area contributed by atoms with Crippen LogP contribution in [0.1, 0.15) is 12.5 Å². The van der Waals surface area contributed by atoms with Crippen LogP contribution in [0, 0.1) is 16.4 Å². The van der Waals surface area contributed by atoms with Gasteiger partial charge in [-0.15, -0.1) is 0 Å². The monoisotopic (exact) mass is 457 g/mol. The van der Waals surface area contributed by atoms with Crippen LogP contribution in [0.25, 0.3) is 22.0 Å². The second-order valence-electron chi connectivity index (χ2n) is 7.48. The zero-order chi connectivity index (χ0) is 23.0. The van der Waals surface area contributed by atoms with Crippen LogP contribution >= 0.6 is 0 Å². The number of aryl methyl sites for hydroxylation is 1. The fourth-order valence-electron chi connectivity index (χ4n) is 3.50. The molecule has 1 atom stereocenters. The number of fused-ring (bicyclic) bond motifs is 1. The number of rotatable bonds is 6. The van der Waals surface area contributed by atoms with Crippen LogP contribution in [0.2, 0.25) is 0 Å². The molecule has 2 N–H and O–H groups in total. The van der Waals surface area contributed by atoms with E-state index in [9.17, 15) is 17.8 Å².